The van der Waals surface area contributed by atoms with E-state index in [1.165, 1.54) is 0 Å². The molecule has 2 rings (SSSR count). The van der Waals surface area contributed by atoms with Crippen LogP contribution in [-0.4, -0.2) is 63.8 Å². The number of nitrogens with one attached hydrogen (secondary N) is 1. The van der Waals surface area contributed by atoms with Gasteiger partial charge in [0.15, 0.2) is 0 Å². The Morgan fingerprint density at radius 1 is 1.06 bits per heavy atom. The summed E-state index contributed by atoms with van der Waals surface area (Å²) in [6.45, 7) is 16.7. The smallest absolute Gasteiger partial charge is 0.243 e. The Kier molecular flexibility index (Phi) is 8.22. The zero-order chi connectivity index (χ0) is 24.5. The second-order valence-electron chi connectivity index (χ2n) is 11.5. The molecular weight excluding hydrogens is 422 g/mol. The summed E-state index contributed by atoms with van der Waals surface area (Å²) in [5.74, 6) is -0.0992. The maximum Gasteiger partial charge on any atom is 0.243 e. The summed E-state index contributed by atoms with van der Waals surface area (Å²) >= 11 is 0. The van der Waals surface area contributed by atoms with E-state index in [2.05, 4.69) is 44.8 Å². The summed E-state index contributed by atoms with van der Waals surface area (Å²) in [6.07, 6.45) is 1.11. The summed E-state index contributed by atoms with van der Waals surface area (Å²) in [5, 5.41) is 3.09. The second-order valence-corrected chi connectivity index (χ2v) is 13.4. The van der Waals surface area contributed by atoms with Crippen LogP contribution in [0.3, 0.4) is 0 Å². The van der Waals surface area contributed by atoms with Gasteiger partial charge < -0.3 is 10.2 Å². The molecule has 1 aromatic carbocycles. The normalized spacial score (nSPS) is 17.1. The number of carbonyl (C=O) groups excluding carboxylic acids is 1. The van der Waals surface area contributed by atoms with Crippen LogP contribution in [0.4, 0.5) is 0 Å². The zero-order valence-electron chi connectivity index (χ0n) is 21.5. The molecule has 1 aliphatic rings. The lowest BCUT2D eigenvalue weighted by Gasteiger charge is -2.33. The third-order valence-corrected chi connectivity index (χ3v) is 8.44. The van der Waals surface area contributed by atoms with Crippen molar-refractivity contribution in [1.29, 1.82) is 0 Å². The Balaban J connectivity index is 2.06. The van der Waals surface area contributed by atoms with Crippen LogP contribution in [0.2, 0.25) is 0 Å². The molecule has 7 heteroatoms. The molecule has 0 saturated carbocycles. The predicted molar refractivity (Wildman–Crippen MR) is 131 cm³/mol. The fraction of sp³-hybridized carbons (Fsp3) is 0.720. The van der Waals surface area contributed by atoms with Gasteiger partial charge >= 0.3 is 0 Å². The van der Waals surface area contributed by atoms with E-state index in [0.29, 0.717) is 37.4 Å². The minimum atomic E-state index is -3.59. The topological polar surface area (TPSA) is 69.7 Å². The van der Waals surface area contributed by atoms with Crippen molar-refractivity contribution in [2.45, 2.75) is 71.6 Å². The van der Waals surface area contributed by atoms with Gasteiger partial charge in [-0.2, -0.15) is 4.31 Å². The van der Waals surface area contributed by atoms with Gasteiger partial charge in [0.05, 0.1) is 4.90 Å². The fourth-order valence-electron chi connectivity index (χ4n) is 4.66. The summed E-state index contributed by atoms with van der Waals surface area (Å²) in [7, 11) is 0.468. The maximum atomic E-state index is 13.4. The third kappa shape index (κ3) is 6.55. The fourth-order valence-corrected chi connectivity index (χ4v) is 6.54. The van der Waals surface area contributed by atoms with Crippen LogP contribution < -0.4 is 5.32 Å². The number of carbonyl (C=O) groups is 1. The number of sulfonamides is 1. The number of hydrogen-bond acceptors (Lipinski definition) is 4. The van der Waals surface area contributed by atoms with Gasteiger partial charge in [0, 0.05) is 32.1 Å². The average Bonchev–Trinajstić information content (AvgIpc) is 2.63. The molecule has 1 saturated heterocycles. The lowest BCUT2D eigenvalue weighted by Crippen LogP contribution is -2.46. The van der Waals surface area contributed by atoms with Crippen molar-refractivity contribution in [2.75, 3.05) is 40.3 Å². The van der Waals surface area contributed by atoms with E-state index in [4.69, 9.17) is 0 Å². The highest BCUT2D eigenvalue weighted by molar-refractivity contribution is 7.89. The molecule has 1 fully saturated rings. The first kappa shape index (κ1) is 26.8. The van der Waals surface area contributed by atoms with Crippen molar-refractivity contribution in [3.05, 3.63) is 28.8 Å². The van der Waals surface area contributed by atoms with Crippen molar-refractivity contribution in [2.24, 2.45) is 11.3 Å². The first-order valence-corrected chi connectivity index (χ1v) is 13.0. The summed E-state index contributed by atoms with van der Waals surface area (Å²) in [5.41, 5.74) is 2.66. The molecule has 0 unspecified atom stereocenters. The average molecular weight is 466 g/mol. The van der Waals surface area contributed by atoms with E-state index in [0.717, 1.165) is 23.2 Å². The van der Waals surface area contributed by atoms with E-state index in [1.807, 2.05) is 40.1 Å². The SMILES string of the molecule is Cc1cc(C(C)(C)C)cc(C)c1S(=O)(=O)N1CCC(C(=O)NCC(C)(C)CN(C)C)CC1. The highest BCUT2D eigenvalue weighted by Crippen LogP contribution is 2.32. The van der Waals surface area contributed by atoms with Crippen molar-refractivity contribution in [1.82, 2.24) is 14.5 Å². The second kappa shape index (κ2) is 9.82. The van der Waals surface area contributed by atoms with Crippen LogP contribution in [-0.2, 0) is 20.2 Å². The number of amides is 1. The lowest BCUT2D eigenvalue weighted by atomic mass is 9.85. The van der Waals surface area contributed by atoms with Crippen molar-refractivity contribution >= 4 is 15.9 Å². The van der Waals surface area contributed by atoms with Crippen LogP contribution in [0.15, 0.2) is 17.0 Å². The molecule has 1 amide bonds. The molecule has 1 aliphatic heterocycles. The van der Waals surface area contributed by atoms with E-state index in [-0.39, 0.29) is 22.7 Å². The monoisotopic (exact) mass is 465 g/mol. The Bertz CT molecular complexity index is 899. The molecule has 1 aromatic rings. The Morgan fingerprint density at radius 2 is 1.56 bits per heavy atom. The lowest BCUT2D eigenvalue weighted by molar-refractivity contribution is -0.126. The Morgan fingerprint density at radius 3 is 2.00 bits per heavy atom. The molecule has 0 atom stereocenters. The van der Waals surface area contributed by atoms with Gasteiger partial charge in [-0.3, -0.25) is 4.79 Å². The number of aryl methyl sites for hydroxylation is 2. The number of piperidine rings is 1. The van der Waals surface area contributed by atoms with Crippen LogP contribution in [0, 0.1) is 25.2 Å². The highest BCUT2D eigenvalue weighted by Gasteiger charge is 2.34. The molecule has 0 aromatic heterocycles. The molecule has 6 nitrogen and oxygen atoms in total. The summed E-state index contributed by atoms with van der Waals surface area (Å²) < 4.78 is 28.4. The maximum absolute atomic E-state index is 13.4. The van der Waals surface area contributed by atoms with Crippen molar-refractivity contribution in [3.8, 4) is 0 Å². The molecule has 1 heterocycles. The largest absolute Gasteiger partial charge is 0.355 e. The summed E-state index contributed by atoms with van der Waals surface area (Å²) in [4.78, 5) is 15.2. The van der Waals surface area contributed by atoms with Gasteiger partial charge in [-0.1, -0.05) is 46.8 Å². The van der Waals surface area contributed by atoms with Crippen LogP contribution in [0.1, 0.15) is 64.2 Å². The predicted octanol–water partition coefficient (Wildman–Crippen LogP) is 3.71. The number of benzene rings is 1. The first-order chi connectivity index (χ1) is 14.5. The quantitative estimate of drug-likeness (QED) is 0.667. The van der Waals surface area contributed by atoms with E-state index in [1.54, 1.807) is 4.31 Å². The van der Waals surface area contributed by atoms with Crippen molar-refractivity contribution < 1.29 is 13.2 Å². The van der Waals surface area contributed by atoms with Gasteiger partial charge in [0.1, 0.15) is 0 Å². The molecule has 182 valence electrons. The minimum Gasteiger partial charge on any atom is -0.355 e. The minimum absolute atomic E-state index is 0.0164. The van der Waals surface area contributed by atoms with Crippen LogP contribution in [0.25, 0.3) is 0 Å². The van der Waals surface area contributed by atoms with Gasteiger partial charge in [0.25, 0.3) is 0 Å². The Hall–Kier alpha value is -1.44. The molecule has 1 N–H and O–H groups in total. The number of rotatable bonds is 7. The van der Waals surface area contributed by atoms with Gasteiger partial charge in [-0.15, -0.1) is 0 Å². The van der Waals surface area contributed by atoms with Gasteiger partial charge in [0.2, 0.25) is 15.9 Å². The molecule has 0 radical (unpaired) electrons. The molecule has 0 bridgehead atoms. The molecular formula is C25H43N3O3S. The Labute approximate surface area is 195 Å². The third-order valence-electron chi connectivity index (χ3n) is 6.23. The number of hydrogen-bond donors (Lipinski definition) is 1. The van der Waals surface area contributed by atoms with E-state index < -0.39 is 10.0 Å². The number of nitrogens with zero attached hydrogens (tertiary/aromatic N) is 2. The van der Waals surface area contributed by atoms with Gasteiger partial charge in [-0.25, -0.2) is 8.42 Å². The molecule has 32 heavy (non-hydrogen) atoms. The van der Waals surface area contributed by atoms with E-state index in [9.17, 15) is 13.2 Å². The first-order valence-electron chi connectivity index (χ1n) is 11.6. The van der Waals surface area contributed by atoms with Crippen molar-refractivity contribution in [3.63, 3.8) is 0 Å². The van der Waals surface area contributed by atoms with Gasteiger partial charge in [-0.05, 0) is 68.3 Å². The van der Waals surface area contributed by atoms with Crippen LogP contribution in [0.5, 0.6) is 0 Å². The highest BCUT2D eigenvalue weighted by atomic mass is 32.2. The summed E-state index contributed by atoms with van der Waals surface area (Å²) in [6, 6.07) is 3.99. The molecule has 0 spiro atoms. The van der Waals surface area contributed by atoms with Crippen LogP contribution >= 0.6 is 0 Å². The van der Waals surface area contributed by atoms with E-state index >= 15 is 0 Å². The zero-order valence-corrected chi connectivity index (χ0v) is 22.3. The molecule has 0 aliphatic carbocycles. The standard InChI is InChI=1S/C25H43N3O3S/c1-18-14-21(24(3,4)5)15-19(2)22(18)32(30,31)28-12-10-20(11-13-28)23(29)26-16-25(6,7)17-27(8)9/h14-15,20H,10-13,16-17H2,1-9H3,(H,26,29).